The molecule has 0 amide bonds. The fraction of sp³-hybridized carbons (Fsp3) is 0. The van der Waals surface area contributed by atoms with Crippen LogP contribution in [0.3, 0.4) is 0 Å². The largest absolute Gasteiger partial charge is 0.0533 e. The maximum absolute atomic E-state index is 2.93. The zero-order valence-electron chi connectivity index (χ0n) is 3.69. The summed E-state index contributed by atoms with van der Waals surface area (Å²) in [6.07, 6.45) is 0. The topological polar surface area (TPSA) is 0 Å². The van der Waals surface area contributed by atoms with Crippen LogP contribution in [0, 0.1) is 9.64 Å². The molecule has 0 N–H and O–H groups in total. The van der Waals surface area contributed by atoms with Crippen molar-refractivity contribution in [2.24, 2.45) is 0 Å². The van der Waals surface area contributed by atoms with Crippen molar-refractivity contribution in [2.45, 2.75) is 0 Å². The standard InChI is InChI=1S/C6H4I/c7-6-4-2-1-3-5-6/h2-5H. The van der Waals surface area contributed by atoms with E-state index in [9.17, 15) is 0 Å². The van der Waals surface area contributed by atoms with E-state index >= 15 is 0 Å². The van der Waals surface area contributed by atoms with Gasteiger partial charge in [-0.3, -0.25) is 0 Å². The highest BCUT2D eigenvalue weighted by molar-refractivity contribution is 14.1. The summed E-state index contributed by atoms with van der Waals surface area (Å²) in [6.45, 7) is 0. The molecule has 7 heavy (non-hydrogen) atoms. The van der Waals surface area contributed by atoms with Gasteiger partial charge in [0.05, 0.1) is 0 Å². The third-order valence-corrected chi connectivity index (χ3v) is 1.40. The van der Waals surface area contributed by atoms with Gasteiger partial charge in [-0.05, 0) is 40.8 Å². The molecule has 0 aliphatic heterocycles. The first-order chi connectivity index (χ1) is 3.39. The highest BCUT2D eigenvalue weighted by atomic mass is 127. The van der Waals surface area contributed by atoms with Gasteiger partial charge < -0.3 is 0 Å². The summed E-state index contributed by atoms with van der Waals surface area (Å²) < 4.78 is 1.26. The van der Waals surface area contributed by atoms with E-state index in [1.54, 1.807) is 0 Å². The molecule has 35 valence electrons. The SMILES string of the molecule is Ic1cc[c]cc1. The summed E-state index contributed by atoms with van der Waals surface area (Å²) in [5, 5.41) is 0. The number of benzene rings is 1. The summed E-state index contributed by atoms with van der Waals surface area (Å²) in [7, 11) is 0. The summed E-state index contributed by atoms with van der Waals surface area (Å²) in [4.78, 5) is 0. The monoisotopic (exact) mass is 203 g/mol. The number of hydrogen-bond acceptors (Lipinski definition) is 0. The van der Waals surface area contributed by atoms with Crippen LogP contribution >= 0.6 is 22.6 Å². The van der Waals surface area contributed by atoms with E-state index < -0.39 is 0 Å². The predicted molar refractivity (Wildman–Crippen MR) is 38.0 cm³/mol. The number of rotatable bonds is 0. The van der Waals surface area contributed by atoms with Crippen LogP contribution in [0.2, 0.25) is 0 Å². The predicted octanol–water partition coefficient (Wildman–Crippen LogP) is 2.09. The molecule has 0 aromatic heterocycles. The van der Waals surface area contributed by atoms with E-state index in [1.807, 2.05) is 24.3 Å². The van der Waals surface area contributed by atoms with Crippen LogP contribution in [0.15, 0.2) is 24.3 Å². The van der Waals surface area contributed by atoms with Gasteiger partial charge in [0.25, 0.3) is 0 Å². The van der Waals surface area contributed by atoms with Crippen molar-refractivity contribution in [3.63, 3.8) is 0 Å². The van der Waals surface area contributed by atoms with Crippen molar-refractivity contribution in [1.29, 1.82) is 0 Å². The minimum absolute atomic E-state index is 1.26. The Labute approximate surface area is 56.7 Å². The average molecular weight is 203 g/mol. The molecule has 0 atom stereocenters. The van der Waals surface area contributed by atoms with Crippen LogP contribution in [0.1, 0.15) is 0 Å². The molecule has 0 aliphatic carbocycles. The van der Waals surface area contributed by atoms with Crippen LogP contribution in [-0.4, -0.2) is 0 Å². The second-order valence-corrected chi connectivity index (χ2v) is 2.46. The molecule has 0 nitrogen and oxygen atoms in total. The van der Waals surface area contributed by atoms with E-state index in [2.05, 4.69) is 28.7 Å². The zero-order valence-corrected chi connectivity index (χ0v) is 5.84. The van der Waals surface area contributed by atoms with Gasteiger partial charge in [-0.1, -0.05) is 12.1 Å². The molecule has 0 spiro atoms. The summed E-state index contributed by atoms with van der Waals surface area (Å²) in [5.41, 5.74) is 0. The summed E-state index contributed by atoms with van der Waals surface area (Å²) in [5.74, 6) is 0. The molecule has 1 rings (SSSR count). The highest BCUT2D eigenvalue weighted by Crippen LogP contribution is 1.99. The van der Waals surface area contributed by atoms with Crippen LogP contribution in [0.4, 0.5) is 0 Å². The molecule has 0 fully saturated rings. The van der Waals surface area contributed by atoms with Crippen LogP contribution < -0.4 is 0 Å². The Morgan fingerprint density at radius 3 is 2.14 bits per heavy atom. The molecule has 0 saturated heterocycles. The van der Waals surface area contributed by atoms with Gasteiger partial charge >= 0.3 is 0 Å². The fourth-order valence-electron chi connectivity index (χ4n) is 0.367. The molecule has 0 bridgehead atoms. The first-order valence-electron chi connectivity index (χ1n) is 2.01. The van der Waals surface area contributed by atoms with Crippen LogP contribution in [-0.2, 0) is 0 Å². The van der Waals surface area contributed by atoms with Gasteiger partial charge in [0.1, 0.15) is 0 Å². The van der Waals surface area contributed by atoms with E-state index in [1.165, 1.54) is 3.57 Å². The number of halogens is 1. The van der Waals surface area contributed by atoms with E-state index in [-0.39, 0.29) is 0 Å². The van der Waals surface area contributed by atoms with E-state index in [0.29, 0.717) is 0 Å². The van der Waals surface area contributed by atoms with Gasteiger partial charge in [0, 0.05) is 3.57 Å². The van der Waals surface area contributed by atoms with Crippen LogP contribution in [0.5, 0.6) is 0 Å². The van der Waals surface area contributed by atoms with Crippen molar-refractivity contribution in [3.05, 3.63) is 33.9 Å². The number of hydrogen-bond donors (Lipinski definition) is 0. The Balaban J connectivity index is 3.02. The van der Waals surface area contributed by atoms with E-state index in [4.69, 9.17) is 0 Å². The maximum atomic E-state index is 2.93. The molecule has 1 radical (unpaired) electrons. The molecule has 0 heterocycles. The third-order valence-electron chi connectivity index (χ3n) is 0.678. The Kier molecular flexibility index (Phi) is 1.68. The molecular weight excluding hydrogens is 199 g/mol. The molecule has 1 aromatic carbocycles. The molecule has 0 aliphatic rings. The lowest BCUT2D eigenvalue weighted by Crippen LogP contribution is -1.61. The van der Waals surface area contributed by atoms with Crippen molar-refractivity contribution < 1.29 is 0 Å². The minimum atomic E-state index is 1.26. The molecular formula is C6H4I. The van der Waals surface area contributed by atoms with Gasteiger partial charge in [-0.25, -0.2) is 0 Å². The second-order valence-electron chi connectivity index (χ2n) is 1.22. The van der Waals surface area contributed by atoms with Crippen molar-refractivity contribution in [2.75, 3.05) is 0 Å². The highest BCUT2D eigenvalue weighted by Gasteiger charge is 1.74. The molecule has 0 saturated carbocycles. The van der Waals surface area contributed by atoms with Gasteiger partial charge in [0.2, 0.25) is 0 Å². The lowest BCUT2D eigenvalue weighted by Gasteiger charge is -1.80. The summed E-state index contributed by atoms with van der Waals surface area (Å²) in [6, 6.07) is 10.8. The quantitative estimate of drug-likeness (QED) is 0.566. The lowest BCUT2D eigenvalue weighted by atomic mass is 10.4. The molecule has 0 unspecified atom stereocenters. The van der Waals surface area contributed by atoms with Crippen molar-refractivity contribution in [3.8, 4) is 0 Å². The van der Waals surface area contributed by atoms with Crippen molar-refractivity contribution in [1.82, 2.24) is 0 Å². The first-order valence-corrected chi connectivity index (χ1v) is 3.09. The lowest BCUT2D eigenvalue weighted by molar-refractivity contribution is 1.64. The van der Waals surface area contributed by atoms with Gasteiger partial charge in [0.15, 0.2) is 0 Å². The van der Waals surface area contributed by atoms with Gasteiger partial charge in [-0.2, -0.15) is 0 Å². The Bertz CT molecular complexity index is 134. The summed E-state index contributed by atoms with van der Waals surface area (Å²) >= 11 is 2.26. The fourth-order valence-corrected chi connectivity index (χ4v) is 0.726. The molecule has 1 aromatic rings. The van der Waals surface area contributed by atoms with Crippen molar-refractivity contribution >= 4 is 22.6 Å². The Morgan fingerprint density at radius 1 is 1.29 bits per heavy atom. The smallest absolute Gasteiger partial charge is 0.0130 e. The van der Waals surface area contributed by atoms with Crippen LogP contribution in [0.25, 0.3) is 0 Å². The van der Waals surface area contributed by atoms with Gasteiger partial charge in [-0.15, -0.1) is 0 Å². The Morgan fingerprint density at radius 2 is 1.86 bits per heavy atom. The Hall–Kier alpha value is -0.0500. The minimum Gasteiger partial charge on any atom is -0.0533 e. The first kappa shape index (κ1) is 5.09. The molecule has 1 heteroatoms. The normalized spacial score (nSPS) is 8.71. The maximum Gasteiger partial charge on any atom is 0.0130 e. The average Bonchev–Trinajstić information content (AvgIpc) is 1.69. The second kappa shape index (κ2) is 2.31. The zero-order chi connectivity index (χ0) is 5.11. The van der Waals surface area contributed by atoms with E-state index in [0.717, 1.165) is 0 Å². The third kappa shape index (κ3) is 1.47.